The van der Waals surface area contributed by atoms with Gasteiger partial charge in [-0.3, -0.25) is 0 Å². The maximum absolute atomic E-state index is 8.42. The van der Waals surface area contributed by atoms with Crippen LogP contribution in [0.2, 0.25) is 0 Å². The molecule has 0 fully saturated rings. The molecule has 0 aliphatic heterocycles. The summed E-state index contributed by atoms with van der Waals surface area (Å²) in [5.41, 5.74) is 0. The highest BCUT2D eigenvalue weighted by Crippen LogP contribution is 1.93. The molecule has 1 nitrogen and oxygen atoms in total. The second kappa shape index (κ2) is 3.81. The Balaban J connectivity index is 2.97. The molecule has 0 saturated carbocycles. The predicted molar refractivity (Wildman–Crippen MR) is 34.7 cm³/mol. The number of aliphatic hydroxyl groups is 1. The Kier molecular flexibility index (Phi) is 3.61. The second-order valence-electron chi connectivity index (χ2n) is 1.27. The second-order valence-corrected chi connectivity index (χ2v) is 1.60. The van der Waals surface area contributed by atoms with Gasteiger partial charge < -0.3 is 5.11 Å². The minimum atomic E-state index is 0.209. The van der Waals surface area contributed by atoms with Crippen LogP contribution in [0.3, 0.4) is 0 Å². The molecule has 7 heavy (non-hydrogen) atoms. The lowest BCUT2D eigenvalue weighted by Crippen LogP contribution is -1.76. The highest BCUT2D eigenvalue weighted by Gasteiger charge is 1.82. The fraction of sp³-hybridized carbons (Fsp3) is 0.400. The summed E-state index contributed by atoms with van der Waals surface area (Å²) >= 11 is 4.49. The van der Waals surface area contributed by atoms with E-state index >= 15 is 0 Å². The topological polar surface area (TPSA) is 20.2 Å². The normalized spacial score (nSPS) is 8.00. The molecule has 0 aliphatic carbocycles. The van der Waals surface area contributed by atoms with Gasteiger partial charge in [-0.15, -0.1) is 0 Å². The Bertz CT molecular complexity index is 78.1. The van der Waals surface area contributed by atoms with Crippen molar-refractivity contribution in [2.45, 2.75) is 12.8 Å². The Labute approximate surface area is 48.7 Å². The van der Waals surface area contributed by atoms with Gasteiger partial charge in [0.05, 0.1) is 5.76 Å². The van der Waals surface area contributed by atoms with Crippen molar-refractivity contribution < 1.29 is 5.11 Å². The van der Waals surface area contributed by atoms with E-state index in [0.29, 0.717) is 6.42 Å². The van der Waals surface area contributed by atoms with E-state index in [1.807, 2.05) is 0 Å². The number of hydrogen-bond donors (Lipinski definition) is 1. The average Bonchev–Trinajstić information content (AvgIpc) is 1.61. The van der Waals surface area contributed by atoms with Crippen LogP contribution in [0.4, 0.5) is 0 Å². The van der Waals surface area contributed by atoms with E-state index in [1.54, 1.807) is 5.37 Å². The SMILES string of the molecule is C=C(O)CCC=S. The summed E-state index contributed by atoms with van der Waals surface area (Å²) in [6, 6.07) is 0. The van der Waals surface area contributed by atoms with Gasteiger partial charge in [0.1, 0.15) is 0 Å². The summed E-state index contributed by atoms with van der Waals surface area (Å²) in [4.78, 5) is 0. The summed E-state index contributed by atoms with van der Waals surface area (Å²) in [6.07, 6.45) is 1.34. The molecule has 1 N–H and O–H groups in total. The van der Waals surface area contributed by atoms with Gasteiger partial charge in [0.15, 0.2) is 0 Å². The fourth-order valence-corrected chi connectivity index (χ4v) is 0.343. The third kappa shape index (κ3) is 5.63. The van der Waals surface area contributed by atoms with E-state index in [-0.39, 0.29) is 5.76 Å². The zero-order valence-electron chi connectivity index (χ0n) is 4.05. The van der Waals surface area contributed by atoms with Gasteiger partial charge >= 0.3 is 0 Å². The lowest BCUT2D eigenvalue weighted by molar-refractivity contribution is 0.394. The smallest absolute Gasteiger partial charge is 0.0854 e. The summed E-state index contributed by atoms with van der Waals surface area (Å²) in [7, 11) is 0. The molecule has 40 valence electrons. The van der Waals surface area contributed by atoms with Crippen LogP contribution in [0.1, 0.15) is 12.8 Å². The van der Waals surface area contributed by atoms with Crippen LogP contribution < -0.4 is 0 Å². The van der Waals surface area contributed by atoms with E-state index in [9.17, 15) is 0 Å². The van der Waals surface area contributed by atoms with Crippen LogP contribution in [0.15, 0.2) is 12.3 Å². The Morgan fingerprint density at radius 2 is 2.43 bits per heavy atom. The number of aliphatic hydroxyl groups excluding tert-OH is 1. The first-order valence-electron chi connectivity index (χ1n) is 2.07. The summed E-state index contributed by atoms with van der Waals surface area (Å²) < 4.78 is 0. The van der Waals surface area contributed by atoms with Crippen LogP contribution in [0.25, 0.3) is 0 Å². The highest BCUT2D eigenvalue weighted by molar-refractivity contribution is 7.78. The summed E-state index contributed by atoms with van der Waals surface area (Å²) in [5, 5.41) is 10.0. The Hall–Kier alpha value is -0.370. The van der Waals surface area contributed by atoms with Crippen molar-refractivity contribution in [3.8, 4) is 0 Å². The van der Waals surface area contributed by atoms with E-state index in [4.69, 9.17) is 5.11 Å². The molecule has 0 saturated heterocycles. The van der Waals surface area contributed by atoms with Gasteiger partial charge in [-0.2, -0.15) is 0 Å². The minimum Gasteiger partial charge on any atom is -0.513 e. The maximum Gasteiger partial charge on any atom is 0.0854 e. The first-order chi connectivity index (χ1) is 3.27. The van der Waals surface area contributed by atoms with Gasteiger partial charge in [0.25, 0.3) is 0 Å². The fourth-order valence-electron chi connectivity index (χ4n) is 0.226. The number of rotatable bonds is 3. The van der Waals surface area contributed by atoms with E-state index < -0.39 is 0 Å². The molecule has 0 radical (unpaired) electrons. The van der Waals surface area contributed by atoms with Crippen LogP contribution in [0.5, 0.6) is 0 Å². The third-order valence-corrected chi connectivity index (χ3v) is 0.786. The van der Waals surface area contributed by atoms with Gasteiger partial charge in [-0.1, -0.05) is 18.8 Å². The quantitative estimate of drug-likeness (QED) is 0.448. The molecular weight excluding hydrogens is 108 g/mol. The number of hydrogen-bond acceptors (Lipinski definition) is 2. The zero-order chi connectivity index (χ0) is 5.70. The average molecular weight is 116 g/mol. The van der Waals surface area contributed by atoms with Crippen LogP contribution in [0, 0.1) is 0 Å². The summed E-state index contributed by atoms with van der Waals surface area (Å²) in [6.45, 7) is 3.28. The van der Waals surface area contributed by atoms with Crippen molar-refractivity contribution >= 4 is 17.6 Å². The van der Waals surface area contributed by atoms with E-state index in [0.717, 1.165) is 6.42 Å². The summed E-state index contributed by atoms with van der Waals surface area (Å²) in [5.74, 6) is 0.209. The molecule has 0 aromatic carbocycles. The Morgan fingerprint density at radius 1 is 1.86 bits per heavy atom. The lowest BCUT2D eigenvalue weighted by atomic mass is 10.3. The molecule has 0 rings (SSSR count). The van der Waals surface area contributed by atoms with Crippen LogP contribution in [-0.4, -0.2) is 10.5 Å². The molecule has 0 amide bonds. The minimum absolute atomic E-state index is 0.209. The predicted octanol–water partition coefficient (Wildman–Crippen LogP) is 1.84. The molecule has 2 heteroatoms. The molecule has 0 aliphatic rings. The molecule has 0 heterocycles. The van der Waals surface area contributed by atoms with Gasteiger partial charge in [-0.25, -0.2) is 0 Å². The standard InChI is InChI=1S/C5H8OS/c1-5(6)3-2-4-7/h4,6H,1-3H2. The highest BCUT2D eigenvalue weighted by atomic mass is 32.1. The van der Waals surface area contributed by atoms with Crippen molar-refractivity contribution in [1.29, 1.82) is 0 Å². The molecule has 0 aromatic rings. The van der Waals surface area contributed by atoms with E-state index in [2.05, 4.69) is 18.8 Å². The molecule has 0 unspecified atom stereocenters. The maximum atomic E-state index is 8.42. The van der Waals surface area contributed by atoms with Crippen molar-refractivity contribution in [2.75, 3.05) is 0 Å². The van der Waals surface area contributed by atoms with Gasteiger partial charge in [0, 0.05) is 6.42 Å². The van der Waals surface area contributed by atoms with E-state index in [1.165, 1.54) is 0 Å². The molecule has 0 bridgehead atoms. The van der Waals surface area contributed by atoms with Gasteiger partial charge in [-0.05, 0) is 11.8 Å². The molecular formula is C5H8OS. The number of thiocarbonyl (C=S) groups is 1. The molecule has 0 aromatic heterocycles. The van der Waals surface area contributed by atoms with Crippen LogP contribution in [-0.2, 0) is 0 Å². The molecule has 0 atom stereocenters. The zero-order valence-corrected chi connectivity index (χ0v) is 4.87. The number of allylic oxidation sites excluding steroid dienone is 1. The van der Waals surface area contributed by atoms with Crippen molar-refractivity contribution in [3.63, 3.8) is 0 Å². The Morgan fingerprint density at radius 3 is 2.57 bits per heavy atom. The van der Waals surface area contributed by atoms with Gasteiger partial charge in [0.2, 0.25) is 0 Å². The third-order valence-electron chi connectivity index (χ3n) is 0.551. The van der Waals surface area contributed by atoms with Crippen molar-refractivity contribution in [1.82, 2.24) is 0 Å². The first kappa shape index (κ1) is 6.63. The molecule has 0 spiro atoms. The lowest BCUT2D eigenvalue weighted by Gasteiger charge is -1.87. The first-order valence-corrected chi connectivity index (χ1v) is 2.55. The largest absolute Gasteiger partial charge is 0.513 e. The van der Waals surface area contributed by atoms with Crippen molar-refractivity contribution in [2.24, 2.45) is 0 Å². The monoisotopic (exact) mass is 116 g/mol. The van der Waals surface area contributed by atoms with Crippen molar-refractivity contribution in [3.05, 3.63) is 12.3 Å². The van der Waals surface area contributed by atoms with Crippen LogP contribution >= 0.6 is 12.2 Å².